The van der Waals surface area contributed by atoms with Gasteiger partial charge in [0.25, 0.3) is 0 Å². The zero-order chi connectivity index (χ0) is 33.5. The second kappa shape index (κ2) is 10.8. The van der Waals surface area contributed by atoms with E-state index in [1.54, 1.807) is 0 Å². The fourth-order valence-corrected chi connectivity index (χ4v) is 8.01. The Bertz CT molecular complexity index is 3110. The van der Waals surface area contributed by atoms with Gasteiger partial charge in [-0.2, -0.15) is 0 Å². The van der Waals surface area contributed by atoms with E-state index in [1.165, 1.54) is 21.7 Å². The zero-order valence-corrected chi connectivity index (χ0v) is 27.4. The molecule has 0 unspecified atom stereocenters. The molecule has 4 heterocycles. The third-order valence-corrected chi connectivity index (χ3v) is 10.3. The van der Waals surface area contributed by atoms with Crippen LogP contribution in [0.2, 0.25) is 0 Å². The molecule has 51 heavy (non-hydrogen) atoms. The topological polar surface area (TPSA) is 48.8 Å². The molecule has 0 fully saturated rings. The number of para-hydroxylation sites is 3. The number of hydrogen-bond acceptors (Lipinski definition) is 3. The molecule has 0 radical (unpaired) electrons. The van der Waals surface area contributed by atoms with E-state index in [1.807, 2.05) is 42.7 Å². The summed E-state index contributed by atoms with van der Waals surface area (Å²) in [5.74, 6) is 0.646. The summed E-state index contributed by atoms with van der Waals surface area (Å²) in [6, 6.07) is 55.6. The fourth-order valence-electron chi connectivity index (χ4n) is 8.01. The first-order valence-corrected chi connectivity index (χ1v) is 17.2. The van der Waals surface area contributed by atoms with E-state index in [0.29, 0.717) is 5.95 Å². The first kappa shape index (κ1) is 27.9. The Balaban J connectivity index is 1.14. The molecule has 0 aliphatic carbocycles. The molecule has 11 rings (SSSR count). The van der Waals surface area contributed by atoms with Crippen LogP contribution in [0.3, 0.4) is 0 Å². The van der Waals surface area contributed by atoms with Gasteiger partial charge in [0.1, 0.15) is 11.2 Å². The molecule has 5 heteroatoms. The molecular weight excluding hydrogens is 625 g/mol. The molecule has 0 atom stereocenters. The van der Waals surface area contributed by atoms with Crippen molar-refractivity contribution in [1.29, 1.82) is 0 Å². The molecule has 4 aromatic heterocycles. The lowest BCUT2D eigenvalue weighted by Crippen LogP contribution is -2.00. The van der Waals surface area contributed by atoms with Crippen LogP contribution in [0.15, 0.2) is 175 Å². The molecular formula is C46H28N4O. The van der Waals surface area contributed by atoms with Gasteiger partial charge < -0.3 is 8.98 Å². The molecule has 7 aromatic carbocycles. The molecule has 0 saturated heterocycles. The van der Waals surface area contributed by atoms with Crippen molar-refractivity contribution < 1.29 is 4.42 Å². The summed E-state index contributed by atoms with van der Waals surface area (Å²) >= 11 is 0. The highest BCUT2D eigenvalue weighted by molar-refractivity contribution is 6.26. The number of benzene rings is 7. The second-order valence-electron chi connectivity index (χ2n) is 13.0. The van der Waals surface area contributed by atoms with Crippen molar-refractivity contribution in [2.24, 2.45) is 0 Å². The van der Waals surface area contributed by atoms with Gasteiger partial charge in [0.15, 0.2) is 0 Å². The van der Waals surface area contributed by atoms with Crippen molar-refractivity contribution in [1.82, 2.24) is 19.1 Å². The van der Waals surface area contributed by atoms with Gasteiger partial charge in [-0.1, -0.05) is 115 Å². The fraction of sp³-hybridized carbons (Fsp3) is 0. The normalized spacial score (nSPS) is 11.9. The SMILES string of the molecule is c1ccc(-c2cnc(-n3c4ccccc4c4c3ccc3c5ccccc5n(-c5ccc(-c6cccc7oc8ccccc8c67)cc5)c34)nc2)cc1. The predicted octanol–water partition coefficient (Wildman–Crippen LogP) is 11.9. The summed E-state index contributed by atoms with van der Waals surface area (Å²) < 4.78 is 10.8. The maximum atomic E-state index is 6.21. The van der Waals surface area contributed by atoms with Crippen molar-refractivity contribution in [2.75, 3.05) is 0 Å². The molecule has 0 N–H and O–H groups in total. The Kier molecular flexibility index (Phi) is 5.89. The molecule has 238 valence electrons. The molecule has 5 nitrogen and oxygen atoms in total. The molecule has 0 amide bonds. The highest BCUT2D eigenvalue weighted by Crippen LogP contribution is 2.42. The van der Waals surface area contributed by atoms with E-state index in [4.69, 9.17) is 14.4 Å². The van der Waals surface area contributed by atoms with Crippen LogP contribution in [0.4, 0.5) is 0 Å². The van der Waals surface area contributed by atoms with Crippen LogP contribution >= 0.6 is 0 Å². The Hall–Kier alpha value is -6.98. The van der Waals surface area contributed by atoms with E-state index < -0.39 is 0 Å². The Morgan fingerprint density at radius 2 is 1.06 bits per heavy atom. The third kappa shape index (κ3) is 4.09. The van der Waals surface area contributed by atoms with Gasteiger partial charge in [-0.25, -0.2) is 9.97 Å². The van der Waals surface area contributed by atoms with E-state index in [9.17, 15) is 0 Å². The summed E-state index contributed by atoms with van der Waals surface area (Å²) in [7, 11) is 0. The van der Waals surface area contributed by atoms with Crippen molar-refractivity contribution >= 4 is 65.6 Å². The Labute approximate surface area is 292 Å². The zero-order valence-electron chi connectivity index (χ0n) is 27.4. The standard InChI is InChI=1S/C46H28N4O/c1-2-11-29(12-3-1)31-27-47-46(48-28-31)50-39-18-8-5-14-36(39)44-40(50)26-25-35-34-13-4-7-17-38(34)49(45(35)44)32-23-21-30(22-24-32)33-16-10-20-42-43(33)37-15-6-9-19-41(37)51-42/h1-28H. The van der Waals surface area contributed by atoms with Crippen LogP contribution in [0, 0.1) is 0 Å². The van der Waals surface area contributed by atoms with Crippen molar-refractivity contribution in [3.8, 4) is 33.9 Å². The number of hydrogen-bond donors (Lipinski definition) is 0. The van der Waals surface area contributed by atoms with Gasteiger partial charge in [-0.15, -0.1) is 0 Å². The molecule has 0 saturated carbocycles. The van der Waals surface area contributed by atoms with Gasteiger partial charge in [0.05, 0.1) is 22.1 Å². The molecule has 0 bridgehead atoms. The minimum atomic E-state index is 0.646. The van der Waals surface area contributed by atoms with Crippen molar-refractivity contribution in [3.05, 3.63) is 170 Å². The Morgan fingerprint density at radius 1 is 0.392 bits per heavy atom. The average Bonchev–Trinajstić information content (AvgIpc) is 3.86. The van der Waals surface area contributed by atoms with Gasteiger partial charge >= 0.3 is 0 Å². The number of aromatic nitrogens is 4. The summed E-state index contributed by atoms with van der Waals surface area (Å²) in [6.45, 7) is 0. The molecule has 11 aromatic rings. The average molecular weight is 653 g/mol. The maximum absolute atomic E-state index is 6.21. The monoisotopic (exact) mass is 652 g/mol. The van der Waals surface area contributed by atoms with Crippen LogP contribution in [0.1, 0.15) is 0 Å². The summed E-state index contributed by atoms with van der Waals surface area (Å²) in [5, 5.41) is 7.04. The van der Waals surface area contributed by atoms with Crippen LogP contribution < -0.4 is 0 Å². The second-order valence-corrected chi connectivity index (χ2v) is 13.0. The number of fused-ring (bicyclic) bond motifs is 10. The lowest BCUT2D eigenvalue weighted by Gasteiger charge is -2.11. The first-order valence-electron chi connectivity index (χ1n) is 17.2. The minimum Gasteiger partial charge on any atom is -0.456 e. The molecule has 0 spiro atoms. The van der Waals surface area contributed by atoms with Gasteiger partial charge in [0, 0.05) is 56.0 Å². The van der Waals surface area contributed by atoms with E-state index in [-0.39, 0.29) is 0 Å². The van der Waals surface area contributed by atoms with Gasteiger partial charge in [-0.05, 0) is 59.2 Å². The largest absolute Gasteiger partial charge is 0.456 e. The highest BCUT2D eigenvalue weighted by Gasteiger charge is 2.22. The quantitative estimate of drug-likeness (QED) is 0.190. The number of nitrogens with zero attached hydrogens (tertiary/aromatic N) is 4. The van der Waals surface area contributed by atoms with Crippen LogP contribution in [0.25, 0.3) is 99.4 Å². The molecule has 0 aliphatic heterocycles. The van der Waals surface area contributed by atoms with Crippen molar-refractivity contribution in [3.63, 3.8) is 0 Å². The predicted molar refractivity (Wildman–Crippen MR) is 209 cm³/mol. The third-order valence-electron chi connectivity index (χ3n) is 10.3. The van der Waals surface area contributed by atoms with E-state index in [0.717, 1.165) is 71.8 Å². The Morgan fingerprint density at radius 3 is 1.86 bits per heavy atom. The van der Waals surface area contributed by atoms with Crippen LogP contribution in [-0.4, -0.2) is 19.1 Å². The molecule has 0 aliphatic rings. The van der Waals surface area contributed by atoms with E-state index in [2.05, 4.69) is 137 Å². The van der Waals surface area contributed by atoms with Crippen molar-refractivity contribution in [2.45, 2.75) is 0 Å². The summed E-state index contributed by atoms with van der Waals surface area (Å²) in [6.07, 6.45) is 3.84. The first-order chi connectivity index (χ1) is 25.3. The van der Waals surface area contributed by atoms with Crippen LogP contribution in [-0.2, 0) is 0 Å². The minimum absolute atomic E-state index is 0.646. The lowest BCUT2D eigenvalue weighted by atomic mass is 9.99. The van der Waals surface area contributed by atoms with E-state index >= 15 is 0 Å². The van der Waals surface area contributed by atoms with Gasteiger partial charge in [-0.3, -0.25) is 4.57 Å². The number of furan rings is 1. The van der Waals surface area contributed by atoms with Gasteiger partial charge in [0.2, 0.25) is 5.95 Å². The lowest BCUT2D eigenvalue weighted by molar-refractivity contribution is 0.669. The maximum Gasteiger partial charge on any atom is 0.234 e. The summed E-state index contributed by atoms with van der Waals surface area (Å²) in [5.41, 5.74) is 11.8. The summed E-state index contributed by atoms with van der Waals surface area (Å²) in [4.78, 5) is 9.83. The smallest absolute Gasteiger partial charge is 0.234 e. The number of rotatable bonds is 4. The van der Waals surface area contributed by atoms with Crippen LogP contribution in [0.5, 0.6) is 0 Å². The highest BCUT2D eigenvalue weighted by atomic mass is 16.3.